The minimum atomic E-state index is -1.07. The molecule has 2 aromatic carbocycles. The van der Waals surface area contributed by atoms with Crippen LogP contribution in [-0.2, 0) is 24.4 Å². The first-order chi connectivity index (χ1) is 22.5. The molecule has 0 fully saturated rings. The van der Waals surface area contributed by atoms with Gasteiger partial charge in [0.05, 0.1) is 36.1 Å². The maximum Gasteiger partial charge on any atom is 0.282 e. The summed E-state index contributed by atoms with van der Waals surface area (Å²) in [6.07, 6.45) is -0.912. The Morgan fingerprint density at radius 2 is 2.00 bits per heavy atom. The van der Waals surface area contributed by atoms with Crippen molar-refractivity contribution in [1.29, 1.82) is 0 Å². The van der Waals surface area contributed by atoms with E-state index < -0.39 is 35.5 Å². The molecule has 9 nitrogen and oxygen atoms in total. The van der Waals surface area contributed by atoms with Gasteiger partial charge in [0.25, 0.3) is 11.8 Å². The molecule has 240 valence electrons. The van der Waals surface area contributed by atoms with Gasteiger partial charge < -0.3 is 20.1 Å². The fraction of sp³-hybridized carbons (Fsp3) is 0.235. The molecule has 13 heteroatoms. The molecule has 0 spiro atoms. The van der Waals surface area contributed by atoms with Crippen molar-refractivity contribution in [2.45, 2.75) is 45.6 Å². The molecule has 0 unspecified atom stereocenters. The number of carbonyl (C=O) groups excluding carboxylic acids is 2. The number of nitrogens with zero attached hydrogens (tertiary/aromatic N) is 4. The van der Waals surface area contributed by atoms with Crippen LogP contribution in [0.4, 0.5) is 13.2 Å². The van der Waals surface area contributed by atoms with Crippen molar-refractivity contribution >= 4 is 33.2 Å². The van der Waals surface area contributed by atoms with Crippen molar-refractivity contribution in [1.82, 2.24) is 25.0 Å². The number of hydrogen-bond donors (Lipinski definition) is 2. The van der Waals surface area contributed by atoms with Crippen molar-refractivity contribution in [3.63, 3.8) is 0 Å². The molecule has 2 atom stereocenters. The molecule has 0 aliphatic carbocycles. The van der Waals surface area contributed by atoms with Gasteiger partial charge in [-0.3, -0.25) is 14.3 Å². The van der Waals surface area contributed by atoms with Crippen LogP contribution in [0.5, 0.6) is 5.75 Å². The minimum Gasteiger partial charge on any atom is -0.490 e. The second-order valence-corrected chi connectivity index (χ2v) is 12.6. The van der Waals surface area contributed by atoms with Crippen molar-refractivity contribution in [2.75, 3.05) is 6.61 Å². The maximum absolute atomic E-state index is 16.0. The molecule has 3 aromatic heterocycles. The second kappa shape index (κ2) is 11.7. The number of carbonyl (C=O) groups is 2. The fourth-order valence-corrected chi connectivity index (χ4v) is 7.07. The highest BCUT2D eigenvalue weighted by Gasteiger charge is 2.32. The molecule has 2 aliphatic rings. The SMILES string of the molecule is C=C(F)C(=O)N1Cc2cc(-c3nc(-c4ccc5c(c4)CNC5=O)c4ccsc4c3-c3c(F)cc(F)cc3OC[C@@H](C)O)nn2C[C@H]1C. The van der Waals surface area contributed by atoms with E-state index in [1.54, 1.807) is 29.8 Å². The Morgan fingerprint density at radius 1 is 1.19 bits per heavy atom. The van der Waals surface area contributed by atoms with E-state index >= 15 is 4.39 Å². The van der Waals surface area contributed by atoms with Crippen LogP contribution in [0, 0.1) is 11.6 Å². The highest BCUT2D eigenvalue weighted by molar-refractivity contribution is 7.18. The summed E-state index contributed by atoms with van der Waals surface area (Å²) in [4.78, 5) is 31.3. The van der Waals surface area contributed by atoms with E-state index in [2.05, 4.69) is 11.9 Å². The zero-order valence-electron chi connectivity index (χ0n) is 25.3. The van der Waals surface area contributed by atoms with Gasteiger partial charge in [-0.05, 0) is 49.1 Å². The van der Waals surface area contributed by atoms with E-state index in [1.165, 1.54) is 23.2 Å². The number of pyridine rings is 1. The van der Waals surface area contributed by atoms with Crippen LogP contribution in [0.2, 0.25) is 0 Å². The standard InChI is InChI=1S/C34H28F3N5O4S/c1-16-13-42-22(14-41(16)34(45)18(3)35)11-26(40-42)31-29(28-25(37)9-21(36)10-27(28)46-15-17(2)43)32-24(6-7-47-32)30(39-31)19-4-5-23-20(8-19)12-38-33(23)44/h4-11,16-17,43H,3,12-15H2,1-2H3,(H,38,44)/t16-,17-/m1/s1. The number of ether oxygens (including phenoxy) is 1. The molecule has 0 saturated carbocycles. The van der Waals surface area contributed by atoms with Gasteiger partial charge in [0.1, 0.15) is 35.4 Å². The van der Waals surface area contributed by atoms with E-state index in [1.807, 2.05) is 17.5 Å². The number of amides is 2. The first-order valence-corrected chi connectivity index (χ1v) is 15.7. The van der Waals surface area contributed by atoms with Crippen LogP contribution >= 0.6 is 11.3 Å². The number of halogens is 3. The van der Waals surface area contributed by atoms with Crippen LogP contribution in [0.1, 0.15) is 35.5 Å². The number of fused-ring (bicyclic) bond motifs is 3. The third-order valence-electron chi connectivity index (χ3n) is 8.32. The normalized spacial score (nSPS) is 16.2. The molecule has 7 rings (SSSR count). The number of aliphatic hydroxyl groups excluding tert-OH is 1. The summed E-state index contributed by atoms with van der Waals surface area (Å²) < 4.78 is 52.5. The van der Waals surface area contributed by atoms with Crippen LogP contribution < -0.4 is 10.1 Å². The van der Waals surface area contributed by atoms with Gasteiger partial charge in [0.2, 0.25) is 0 Å². The summed E-state index contributed by atoms with van der Waals surface area (Å²) in [6.45, 7) is 6.90. The molecular formula is C34H28F3N5O4S. The van der Waals surface area contributed by atoms with Gasteiger partial charge in [-0.25, -0.2) is 18.2 Å². The number of thiophene rings is 1. The molecule has 0 saturated heterocycles. The molecular weight excluding hydrogens is 631 g/mol. The topological polar surface area (TPSA) is 110 Å². The van der Waals surface area contributed by atoms with Gasteiger partial charge >= 0.3 is 0 Å². The number of benzene rings is 2. The zero-order valence-corrected chi connectivity index (χ0v) is 26.1. The number of rotatable bonds is 7. The van der Waals surface area contributed by atoms with Crippen LogP contribution in [0.25, 0.3) is 43.9 Å². The molecule has 2 amide bonds. The number of aliphatic hydroxyl groups is 1. The molecule has 2 aliphatic heterocycles. The number of aromatic nitrogens is 3. The largest absolute Gasteiger partial charge is 0.490 e. The Labute approximate surface area is 270 Å². The summed E-state index contributed by atoms with van der Waals surface area (Å²) in [5.41, 5.74) is 4.12. The fourth-order valence-electron chi connectivity index (χ4n) is 6.12. The third-order valence-corrected chi connectivity index (χ3v) is 9.25. The maximum atomic E-state index is 16.0. The quantitative estimate of drug-likeness (QED) is 0.208. The number of hydrogen-bond acceptors (Lipinski definition) is 7. The summed E-state index contributed by atoms with van der Waals surface area (Å²) in [5.74, 6) is -3.90. The summed E-state index contributed by atoms with van der Waals surface area (Å²) in [7, 11) is 0. The lowest BCUT2D eigenvalue weighted by molar-refractivity contribution is -0.132. The van der Waals surface area contributed by atoms with E-state index in [4.69, 9.17) is 14.8 Å². The average molecular weight is 660 g/mol. The van der Waals surface area contributed by atoms with Gasteiger partial charge in [-0.1, -0.05) is 12.6 Å². The van der Waals surface area contributed by atoms with E-state index in [0.29, 0.717) is 44.8 Å². The van der Waals surface area contributed by atoms with Gasteiger partial charge in [-0.2, -0.15) is 5.10 Å². The van der Waals surface area contributed by atoms with Crippen LogP contribution in [-0.4, -0.2) is 55.3 Å². The Morgan fingerprint density at radius 3 is 2.77 bits per heavy atom. The van der Waals surface area contributed by atoms with E-state index in [-0.39, 0.29) is 42.6 Å². The molecule has 0 radical (unpaired) electrons. The van der Waals surface area contributed by atoms with Gasteiger partial charge in [0, 0.05) is 51.5 Å². The zero-order chi connectivity index (χ0) is 33.1. The smallest absolute Gasteiger partial charge is 0.282 e. The van der Waals surface area contributed by atoms with Crippen LogP contribution in [0.15, 0.2) is 60.3 Å². The van der Waals surface area contributed by atoms with Gasteiger partial charge in [-0.15, -0.1) is 11.3 Å². The van der Waals surface area contributed by atoms with Crippen molar-refractivity contribution in [3.8, 4) is 39.5 Å². The molecule has 47 heavy (non-hydrogen) atoms. The Balaban J connectivity index is 1.48. The number of nitrogens with one attached hydrogen (secondary N) is 1. The van der Waals surface area contributed by atoms with Crippen molar-refractivity contribution in [2.24, 2.45) is 0 Å². The minimum absolute atomic E-state index is 0.0535. The van der Waals surface area contributed by atoms with Crippen LogP contribution in [0.3, 0.4) is 0 Å². The predicted molar refractivity (Wildman–Crippen MR) is 170 cm³/mol. The Kier molecular flexibility index (Phi) is 7.60. The summed E-state index contributed by atoms with van der Waals surface area (Å²) in [6, 6.07) is 10.4. The Bertz CT molecular complexity index is 2120. The lowest BCUT2D eigenvalue weighted by Gasteiger charge is -2.33. The van der Waals surface area contributed by atoms with E-state index in [0.717, 1.165) is 23.3 Å². The van der Waals surface area contributed by atoms with Gasteiger partial charge in [0.15, 0.2) is 5.83 Å². The second-order valence-electron chi connectivity index (χ2n) is 11.7. The predicted octanol–water partition coefficient (Wildman–Crippen LogP) is 5.99. The lowest BCUT2D eigenvalue weighted by Crippen LogP contribution is -2.45. The highest BCUT2D eigenvalue weighted by atomic mass is 32.1. The average Bonchev–Trinajstić information content (AvgIpc) is 3.77. The lowest BCUT2D eigenvalue weighted by atomic mass is 9.95. The third kappa shape index (κ3) is 5.34. The first kappa shape index (κ1) is 30.6. The molecule has 5 heterocycles. The molecule has 2 N–H and O–H groups in total. The van der Waals surface area contributed by atoms with Crippen molar-refractivity contribution in [3.05, 3.63) is 88.7 Å². The van der Waals surface area contributed by atoms with E-state index in [9.17, 15) is 23.5 Å². The molecule has 0 bridgehead atoms. The monoisotopic (exact) mass is 659 g/mol. The summed E-state index contributed by atoms with van der Waals surface area (Å²) in [5, 5.41) is 20.1. The molecule has 5 aromatic rings. The first-order valence-electron chi connectivity index (χ1n) is 14.9. The van der Waals surface area contributed by atoms with Crippen molar-refractivity contribution < 1.29 is 32.6 Å². The Hall–Kier alpha value is -5.01. The summed E-state index contributed by atoms with van der Waals surface area (Å²) >= 11 is 1.33. The highest BCUT2D eigenvalue weighted by Crippen LogP contribution is 2.47.